The van der Waals surface area contributed by atoms with E-state index in [9.17, 15) is 0 Å². The van der Waals surface area contributed by atoms with Crippen molar-refractivity contribution >= 4 is 31.5 Å². The summed E-state index contributed by atoms with van der Waals surface area (Å²) in [6.07, 6.45) is 0.00118. The van der Waals surface area contributed by atoms with Gasteiger partial charge in [0.25, 0.3) is 5.79 Å². The smallest absolute Gasteiger partial charge is 0.289 e. The minimum absolute atomic E-state index is 0.490. The Hall–Kier alpha value is -1.50. The number of aromatic nitrogens is 1. The second kappa shape index (κ2) is 4.25. The molecule has 0 unspecified atom stereocenters. The van der Waals surface area contributed by atoms with E-state index in [2.05, 4.69) is 21.1 Å². The van der Waals surface area contributed by atoms with Crippen LogP contribution < -0.4 is 0 Å². The van der Waals surface area contributed by atoms with Crippen LogP contribution in [0.15, 0.2) is 35.5 Å². The lowest BCUT2D eigenvalue weighted by Gasteiger charge is -2.20. The van der Waals surface area contributed by atoms with Crippen molar-refractivity contribution in [2.45, 2.75) is 18.5 Å². The molecule has 1 spiro atoms. The topological polar surface area (TPSA) is 52.9 Å². The average Bonchev–Trinajstić information content (AvgIpc) is 2.99. The van der Waals surface area contributed by atoms with Crippen LogP contribution in [0.25, 0.3) is 10.9 Å². The van der Waals surface area contributed by atoms with Crippen LogP contribution in [0.1, 0.15) is 24.0 Å². The number of pyridine rings is 1. The van der Waals surface area contributed by atoms with Gasteiger partial charge in [0, 0.05) is 18.1 Å². The first-order valence-electron chi connectivity index (χ1n) is 6.23. The van der Waals surface area contributed by atoms with E-state index in [0.717, 1.165) is 22.2 Å². The van der Waals surface area contributed by atoms with E-state index in [1.165, 1.54) is 0 Å². The van der Waals surface area contributed by atoms with Gasteiger partial charge in [-0.25, -0.2) is 4.98 Å². The van der Waals surface area contributed by atoms with Gasteiger partial charge in [-0.05, 0) is 28.1 Å². The number of hydrogen-bond acceptors (Lipinski definition) is 5. The molecule has 0 aliphatic carbocycles. The Bertz CT molecular complexity index is 733. The fourth-order valence-electron chi connectivity index (χ4n) is 2.65. The van der Waals surface area contributed by atoms with Crippen LogP contribution in [0, 0.1) is 0 Å². The number of oxime groups is 1. The van der Waals surface area contributed by atoms with Gasteiger partial charge in [-0.15, -0.1) is 0 Å². The predicted octanol–water partition coefficient (Wildman–Crippen LogP) is 3.19. The lowest BCUT2D eigenvalue weighted by Crippen LogP contribution is -2.26. The highest BCUT2D eigenvalue weighted by atomic mass is 79.9. The summed E-state index contributed by atoms with van der Waals surface area (Å²) in [6.45, 7) is 0. The Labute approximate surface area is 123 Å². The zero-order valence-corrected chi connectivity index (χ0v) is 12.3. The molecule has 1 aromatic carbocycles. The normalized spacial score (nSPS) is 27.7. The molecule has 0 fully saturated rings. The minimum Gasteiger partial charge on any atom is -0.352 e. The molecule has 20 heavy (non-hydrogen) atoms. The van der Waals surface area contributed by atoms with Crippen LogP contribution in [0.5, 0.6) is 0 Å². The number of para-hydroxylation sites is 1. The van der Waals surface area contributed by atoms with E-state index in [1.54, 1.807) is 7.11 Å². The standard InChI is InChI=1S/C14H11BrN2O3/c1-18-13-9-6-8-4-2-3-5-10(8)16-12(9)14(19-13)7-11(15)17-20-14/h2-6,13H,7H2,1H3/t13-,14+/m0/s1. The van der Waals surface area contributed by atoms with Crippen molar-refractivity contribution in [2.24, 2.45) is 5.16 Å². The Kier molecular flexibility index (Phi) is 2.60. The molecule has 2 atom stereocenters. The first kappa shape index (κ1) is 12.3. The number of rotatable bonds is 1. The largest absolute Gasteiger partial charge is 0.352 e. The third-order valence-electron chi connectivity index (χ3n) is 3.55. The highest BCUT2D eigenvalue weighted by Gasteiger charge is 2.53. The molecule has 0 N–H and O–H groups in total. The summed E-state index contributed by atoms with van der Waals surface area (Å²) in [5, 5.41) is 4.98. The molecule has 0 amide bonds. The Morgan fingerprint density at radius 2 is 2.25 bits per heavy atom. The molecular weight excluding hydrogens is 324 g/mol. The van der Waals surface area contributed by atoms with E-state index in [-0.39, 0.29) is 0 Å². The fourth-order valence-corrected chi connectivity index (χ4v) is 3.10. The second-order valence-electron chi connectivity index (χ2n) is 4.79. The van der Waals surface area contributed by atoms with Gasteiger partial charge in [0.15, 0.2) is 6.29 Å². The summed E-state index contributed by atoms with van der Waals surface area (Å²) in [7, 11) is 1.60. The van der Waals surface area contributed by atoms with Gasteiger partial charge in [0.2, 0.25) is 0 Å². The van der Waals surface area contributed by atoms with Crippen molar-refractivity contribution in [2.75, 3.05) is 7.11 Å². The third-order valence-corrected chi connectivity index (χ3v) is 3.98. The van der Waals surface area contributed by atoms with Crippen LogP contribution in [0.3, 0.4) is 0 Å². The second-order valence-corrected chi connectivity index (χ2v) is 5.71. The molecule has 2 aliphatic rings. The lowest BCUT2D eigenvalue weighted by atomic mass is 10.0. The molecule has 2 aliphatic heterocycles. The Morgan fingerprint density at radius 1 is 1.40 bits per heavy atom. The fraction of sp³-hybridized carbons (Fsp3) is 0.286. The quantitative estimate of drug-likeness (QED) is 0.803. The van der Waals surface area contributed by atoms with Crippen molar-refractivity contribution in [3.8, 4) is 0 Å². The molecule has 0 radical (unpaired) electrons. The molecule has 0 saturated heterocycles. The maximum absolute atomic E-state index is 5.92. The first-order valence-corrected chi connectivity index (χ1v) is 7.02. The SMILES string of the molecule is CO[C@H]1O[C@@]2(CC(Br)=NO2)c2nc3ccccc3cc21. The van der Waals surface area contributed by atoms with Crippen LogP contribution >= 0.6 is 15.9 Å². The molecule has 0 saturated carbocycles. The van der Waals surface area contributed by atoms with Crippen LogP contribution in [-0.4, -0.2) is 16.7 Å². The summed E-state index contributed by atoms with van der Waals surface area (Å²) in [6, 6.07) is 9.96. The summed E-state index contributed by atoms with van der Waals surface area (Å²) in [5.74, 6) is -0.973. The number of nitrogens with zero attached hydrogens (tertiary/aromatic N) is 2. The summed E-state index contributed by atoms with van der Waals surface area (Å²) in [4.78, 5) is 10.2. The molecule has 0 bridgehead atoms. The van der Waals surface area contributed by atoms with Crippen molar-refractivity contribution in [1.29, 1.82) is 0 Å². The minimum atomic E-state index is -0.973. The van der Waals surface area contributed by atoms with E-state index < -0.39 is 12.1 Å². The van der Waals surface area contributed by atoms with Crippen molar-refractivity contribution in [3.63, 3.8) is 0 Å². The van der Waals surface area contributed by atoms with Gasteiger partial charge in [-0.2, -0.15) is 0 Å². The van der Waals surface area contributed by atoms with Gasteiger partial charge in [0.05, 0.1) is 11.9 Å². The van der Waals surface area contributed by atoms with E-state index >= 15 is 0 Å². The molecule has 102 valence electrons. The highest BCUT2D eigenvalue weighted by molar-refractivity contribution is 9.18. The van der Waals surface area contributed by atoms with E-state index in [0.29, 0.717) is 11.0 Å². The van der Waals surface area contributed by atoms with Gasteiger partial charge < -0.3 is 9.57 Å². The number of ether oxygens (including phenoxy) is 2. The highest BCUT2D eigenvalue weighted by Crippen LogP contribution is 2.49. The maximum Gasteiger partial charge on any atom is 0.289 e. The monoisotopic (exact) mass is 334 g/mol. The van der Waals surface area contributed by atoms with Gasteiger partial charge in [-0.3, -0.25) is 4.74 Å². The lowest BCUT2D eigenvalue weighted by molar-refractivity contribution is -0.289. The molecule has 5 nitrogen and oxygen atoms in total. The number of methoxy groups -OCH3 is 1. The Morgan fingerprint density at radius 3 is 3.00 bits per heavy atom. The molecule has 4 rings (SSSR count). The predicted molar refractivity (Wildman–Crippen MR) is 76.3 cm³/mol. The zero-order chi connectivity index (χ0) is 13.7. The van der Waals surface area contributed by atoms with Gasteiger partial charge in [0.1, 0.15) is 10.3 Å². The molecule has 6 heteroatoms. The van der Waals surface area contributed by atoms with Crippen LogP contribution in [-0.2, 0) is 20.1 Å². The van der Waals surface area contributed by atoms with Crippen molar-refractivity contribution < 1.29 is 14.3 Å². The number of benzene rings is 1. The van der Waals surface area contributed by atoms with Crippen molar-refractivity contribution in [3.05, 3.63) is 41.6 Å². The average molecular weight is 335 g/mol. The summed E-state index contributed by atoms with van der Waals surface area (Å²) >= 11 is 3.34. The third kappa shape index (κ3) is 1.62. The van der Waals surface area contributed by atoms with Crippen molar-refractivity contribution in [1.82, 2.24) is 4.98 Å². The van der Waals surface area contributed by atoms with Gasteiger partial charge in [-0.1, -0.05) is 23.4 Å². The number of halogens is 1. The van der Waals surface area contributed by atoms with Crippen LogP contribution in [0.2, 0.25) is 0 Å². The number of hydrogen-bond donors (Lipinski definition) is 0. The Balaban J connectivity index is 1.93. The van der Waals surface area contributed by atoms with E-state index in [4.69, 9.17) is 19.3 Å². The molecule has 1 aromatic heterocycles. The summed E-state index contributed by atoms with van der Waals surface area (Å²) < 4.78 is 12.0. The maximum atomic E-state index is 5.92. The molecule has 2 aromatic rings. The van der Waals surface area contributed by atoms with Gasteiger partial charge >= 0.3 is 0 Å². The van der Waals surface area contributed by atoms with E-state index in [1.807, 2.05) is 30.3 Å². The first-order chi connectivity index (χ1) is 9.72. The van der Waals surface area contributed by atoms with Crippen LogP contribution in [0.4, 0.5) is 0 Å². The summed E-state index contributed by atoms with van der Waals surface area (Å²) in [5.41, 5.74) is 2.53. The molecule has 3 heterocycles. The molecular formula is C14H11BrN2O3. The number of fused-ring (bicyclic) bond motifs is 3. The zero-order valence-electron chi connectivity index (χ0n) is 10.7.